The average Bonchev–Trinajstić information content (AvgIpc) is 4.00. The highest BCUT2D eigenvalue weighted by molar-refractivity contribution is 5.60. The summed E-state index contributed by atoms with van der Waals surface area (Å²) in [4.78, 5) is 90.9. The Labute approximate surface area is 428 Å². The molecule has 0 spiro atoms. The van der Waals surface area contributed by atoms with Crippen LogP contribution in [0.1, 0.15) is 135 Å². The number of hydrogen-bond acceptors (Lipinski definition) is 21. The van der Waals surface area contributed by atoms with E-state index in [0.29, 0.717) is 0 Å². The maximum atomic E-state index is 10.4. The molecule has 0 amide bonds. The summed E-state index contributed by atoms with van der Waals surface area (Å²) in [5.74, 6) is 6.44. The van der Waals surface area contributed by atoms with E-state index in [-0.39, 0.29) is 102 Å². The summed E-state index contributed by atoms with van der Waals surface area (Å²) in [5.41, 5.74) is 44.2. The zero-order chi connectivity index (χ0) is 53.8. The predicted octanol–water partition coefficient (Wildman–Crippen LogP) is -0.994. The molecule has 72 heavy (non-hydrogen) atoms. The van der Waals surface area contributed by atoms with Crippen LogP contribution in [0.25, 0.3) is 0 Å². The van der Waals surface area contributed by atoms with Crippen molar-refractivity contribution in [3.05, 3.63) is 0 Å². The molecule has 17 unspecified atom stereocenters. The number of nitrogens with one attached hydrogen (secondary N) is 2. The molecule has 0 radical (unpaired) electrons. The third-order valence-corrected chi connectivity index (χ3v) is 15.0. The van der Waals surface area contributed by atoms with E-state index in [4.69, 9.17) is 51.7 Å². The van der Waals surface area contributed by atoms with Crippen LogP contribution in [0.15, 0.2) is 0 Å². The Morgan fingerprint density at radius 3 is 0.958 bits per heavy atom. The van der Waals surface area contributed by atoms with Crippen molar-refractivity contribution in [3.8, 4) is 0 Å². The highest BCUT2D eigenvalue weighted by Gasteiger charge is 2.32. The molecular weight excluding hydrogens is 925 g/mol. The molecule has 3 aliphatic heterocycles. The molecule has 0 aromatic carbocycles. The topological polar surface area (TPSA) is 415 Å². The van der Waals surface area contributed by atoms with Gasteiger partial charge in [-0.05, 0) is 96.4 Å². The summed E-state index contributed by atoms with van der Waals surface area (Å²) in [7, 11) is 0. The lowest BCUT2D eigenvalue weighted by atomic mass is 9.82. The highest BCUT2D eigenvalue weighted by Crippen LogP contribution is 2.25. The molecule has 21 nitrogen and oxygen atoms in total. The summed E-state index contributed by atoms with van der Waals surface area (Å²) < 4.78 is 0. The van der Waals surface area contributed by atoms with Gasteiger partial charge in [-0.15, -0.1) is 0 Å². The van der Waals surface area contributed by atoms with Crippen LogP contribution in [-0.4, -0.2) is 148 Å². The first kappa shape index (κ1) is 66.6. The summed E-state index contributed by atoms with van der Waals surface area (Å²) in [6.07, 6.45) is 30.8. The SMILES string of the molecule is NC1CC1C=O.NC1CCC1C=O.NC1CCCC1C=O.NC1CCCC1C=O.NC1CCCCC1C=O.NC1CCCCCC1C=O.NC1CCNC1C=O.NC1CNCC1C=O.NN1CCCC1C=O. The van der Waals surface area contributed by atoms with Gasteiger partial charge in [0.1, 0.15) is 56.6 Å². The summed E-state index contributed by atoms with van der Waals surface area (Å²) >= 11 is 0. The van der Waals surface area contributed by atoms with Crippen LogP contribution >= 0.6 is 0 Å². The molecule has 6 saturated carbocycles. The van der Waals surface area contributed by atoms with Crippen LogP contribution < -0.4 is 62.3 Å². The molecule has 0 aromatic heterocycles. The maximum absolute atomic E-state index is 10.4. The van der Waals surface area contributed by atoms with Crippen LogP contribution in [0, 0.1) is 41.4 Å². The molecular formula is C51H96N12O9. The quantitative estimate of drug-likeness (QED) is 0.0750. The van der Waals surface area contributed by atoms with E-state index in [9.17, 15) is 43.2 Å². The molecule has 21 heteroatoms. The third-order valence-electron chi connectivity index (χ3n) is 15.0. The number of nitrogens with zero attached hydrogens (tertiary/aromatic N) is 1. The molecule has 414 valence electrons. The van der Waals surface area contributed by atoms with Gasteiger partial charge in [-0.1, -0.05) is 44.9 Å². The predicted molar refractivity (Wildman–Crippen MR) is 279 cm³/mol. The first-order chi connectivity index (χ1) is 34.6. The van der Waals surface area contributed by atoms with Gasteiger partial charge in [0.05, 0.1) is 12.1 Å². The number of hydrazine groups is 1. The Kier molecular flexibility index (Phi) is 36.9. The van der Waals surface area contributed by atoms with Crippen molar-refractivity contribution >= 4 is 56.6 Å². The summed E-state index contributed by atoms with van der Waals surface area (Å²) in [6, 6.07) is 0.987. The van der Waals surface area contributed by atoms with E-state index in [2.05, 4.69) is 10.6 Å². The molecule has 20 N–H and O–H groups in total. The van der Waals surface area contributed by atoms with Gasteiger partial charge in [0.2, 0.25) is 0 Å². The summed E-state index contributed by atoms with van der Waals surface area (Å²) in [5, 5.41) is 7.57. The van der Waals surface area contributed by atoms with Gasteiger partial charge in [0, 0.05) is 109 Å². The molecule has 9 aliphatic rings. The number of nitrogens with two attached hydrogens (primary N) is 9. The lowest BCUT2D eigenvalue weighted by molar-refractivity contribution is -0.114. The minimum absolute atomic E-state index is 0.00463. The Morgan fingerprint density at radius 1 is 0.333 bits per heavy atom. The minimum atomic E-state index is -0.0880. The zero-order valence-corrected chi connectivity index (χ0v) is 43.0. The number of aldehydes is 9. The second kappa shape index (κ2) is 39.9. The molecule has 9 fully saturated rings. The Bertz CT molecular complexity index is 1390. The van der Waals surface area contributed by atoms with Gasteiger partial charge in [0.25, 0.3) is 0 Å². The lowest BCUT2D eigenvalue weighted by Gasteiger charge is -2.27. The molecule has 9 rings (SSSR count). The standard InChI is InChI=1S/C8H15NO.C7H13NO.2C6H11NO.3C5H10N2O.C5H9NO.C4H7NO/c9-8-5-3-1-2-4-7(8)6-10;8-7-4-2-1-3-6(7)5-9;2*7-6-3-1-2-5(6)4-8;6-5-2-7-1-4(5)3-8;6-4-1-2-7-5(4)3-8;6-7-3-1-2-5(7)4-8;6-5-2-1-4(5)3-7;5-4-1-3(4)2-6/h6-8H,1-5,9H2;5-7H,1-4,8H2;2*4-6H,1-3,7H2;2*3-5,7H,1-2,6H2;4-5H,1-3,6H2;3-5H,1-2,6H2;2-4H,1,5H2. The van der Waals surface area contributed by atoms with Crippen molar-refractivity contribution in [2.24, 2.45) is 93.1 Å². The number of rotatable bonds is 9. The Balaban J connectivity index is 0.000000406. The van der Waals surface area contributed by atoms with E-state index in [0.717, 1.165) is 185 Å². The number of carbonyl (C=O) groups excluding carboxylic acids is 9. The minimum Gasteiger partial charge on any atom is -0.327 e. The maximum Gasteiger partial charge on any atom is 0.138 e. The van der Waals surface area contributed by atoms with Crippen molar-refractivity contribution in [3.63, 3.8) is 0 Å². The van der Waals surface area contributed by atoms with E-state index in [1.165, 1.54) is 32.1 Å². The van der Waals surface area contributed by atoms with Crippen LogP contribution in [0.5, 0.6) is 0 Å². The van der Waals surface area contributed by atoms with E-state index < -0.39 is 0 Å². The Morgan fingerprint density at radius 2 is 0.736 bits per heavy atom. The lowest BCUT2D eigenvalue weighted by Crippen LogP contribution is -2.39. The van der Waals surface area contributed by atoms with Gasteiger partial charge in [0.15, 0.2) is 0 Å². The van der Waals surface area contributed by atoms with Gasteiger partial charge < -0.3 is 99.7 Å². The van der Waals surface area contributed by atoms with Gasteiger partial charge in [-0.25, -0.2) is 5.01 Å². The molecule has 6 aliphatic carbocycles. The second-order valence-electron chi connectivity index (χ2n) is 20.7. The largest absolute Gasteiger partial charge is 0.327 e. The highest BCUT2D eigenvalue weighted by atomic mass is 16.1. The third kappa shape index (κ3) is 27.2. The first-order valence-electron chi connectivity index (χ1n) is 26.7. The van der Waals surface area contributed by atoms with Crippen molar-refractivity contribution in [1.29, 1.82) is 0 Å². The fourth-order valence-corrected chi connectivity index (χ4v) is 9.10. The van der Waals surface area contributed by atoms with Crippen molar-refractivity contribution in [2.75, 3.05) is 26.2 Å². The van der Waals surface area contributed by atoms with Crippen LogP contribution in [0.2, 0.25) is 0 Å². The fourth-order valence-electron chi connectivity index (χ4n) is 9.10. The van der Waals surface area contributed by atoms with Gasteiger partial charge >= 0.3 is 0 Å². The van der Waals surface area contributed by atoms with E-state index in [1.54, 1.807) is 5.01 Å². The Hall–Kier alpha value is -3.45. The number of hydrogen-bond donors (Lipinski definition) is 11. The van der Waals surface area contributed by atoms with E-state index in [1.807, 2.05) is 0 Å². The fraction of sp³-hybridized carbons (Fsp3) is 0.824. The van der Waals surface area contributed by atoms with Crippen molar-refractivity contribution < 1.29 is 43.2 Å². The normalized spacial score (nSPS) is 36.9. The molecule has 3 saturated heterocycles. The molecule has 17 atom stereocenters. The molecule has 3 heterocycles. The first-order valence-corrected chi connectivity index (χ1v) is 26.7. The number of carbonyl (C=O) groups is 9. The van der Waals surface area contributed by atoms with Crippen LogP contribution in [0.4, 0.5) is 0 Å². The van der Waals surface area contributed by atoms with Crippen molar-refractivity contribution in [1.82, 2.24) is 15.6 Å². The van der Waals surface area contributed by atoms with Crippen molar-refractivity contribution in [2.45, 2.75) is 195 Å². The van der Waals surface area contributed by atoms with Gasteiger partial charge in [-0.2, -0.15) is 0 Å². The van der Waals surface area contributed by atoms with Gasteiger partial charge in [-0.3, -0.25) is 5.84 Å². The van der Waals surface area contributed by atoms with Crippen LogP contribution in [0.3, 0.4) is 0 Å². The van der Waals surface area contributed by atoms with Crippen LogP contribution in [-0.2, 0) is 43.2 Å². The smallest absolute Gasteiger partial charge is 0.138 e. The second-order valence-corrected chi connectivity index (χ2v) is 20.7. The zero-order valence-electron chi connectivity index (χ0n) is 43.0. The average molecular weight is 1020 g/mol. The van der Waals surface area contributed by atoms with E-state index >= 15 is 0 Å². The molecule has 0 aromatic rings. The monoisotopic (exact) mass is 1020 g/mol. The molecule has 0 bridgehead atoms. The summed E-state index contributed by atoms with van der Waals surface area (Å²) in [6.45, 7) is 3.28.